The predicted octanol–water partition coefficient (Wildman–Crippen LogP) is 5.90. The minimum absolute atomic E-state index is 0.156. The molecule has 0 heterocycles. The van der Waals surface area contributed by atoms with Gasteiger partial charge in [-0.2, -0.15) is 5.10 Å². The first-order chi connectivity index (χ1) is 19.0. The molecule has 0 aliphatic rings. The van der Waals surface area contributed by atoms with Gasteiger partial charge in [0.05, 0.1) is 12.6 Å². The SMILES string of the molecule is O=C(Cc1ccccc1)Nc1ccc(C(=O)N/N=C/c2cc(Cl)ccc2OC(=O)/C=C/c2ccccc2)cc1. The summed E-state index contributed by atoms with van der Waals surface area (Å²) in [7, 11) is 0. The van der Waals surface area contributed by atoms with E-state index in [0.29, 0.717) is 21.8 Å². The first-order valence-electron chi connectivity index (χ1n) is 12.0. The van der Waals surface area contributed by atoms with Crippen molar-refractivity contribution in [2.75, 3.05) is 5.32 Å². The third kappa shape index (κ3) is 8.52. The Bertz CT molecular complexity index is 1500. The Labute approximate surface area is 230 Å². The number of ether oxygens (including phenoxy) is 1. The van der Waals surface area contributed by atoms with Crippen LogP contribution in [0.15, 0.2) is 114 Å². The molecule has 0 aliphatic carbocycles. The summed E-state index contributed by atoms with van der Waals surface area (Å²) < 4.78 is 5.42. The van der Waals surface area contributed by atoms with Gasteiger partial charge < -0.3 is 10.1 Å². The summed E-state index contributed by atoms with van der Waals surface area (Å²) in [5.41, 5.74) is 5.52. The molecule has 0 fully saturated rings. The van der Waals surface area contributed by atoms with Gasteiger partial charge in [-0.25, -0.2) is 10.2 Å². The fourth-order valence-corrected chi connectivity index (χ4v) is 3.68. The van der Waals surface area contributed by atoms with Crippen LogP contribution in [0.2, 0.25) is 5.02 Å². The molecule has 2 amide bonds. The number of carbonyl (C=O) groups is 3. The van der Waals surface area contributed by atoms with Crippen LogP contribution in [0.3, 0.4) is 0 Å². The molecule has 4 aromatic carbocycles. The molecule has 194 valence electrons. The summed E-state index contributed by atoms with van der Waals surface area (Å²) in [6.07, 6.45) is 4.56. The summed E-state index contributed by atoms with van der Waals surface area (Å²) in [5, 5.41) is 7.19. The molecule has 0 radical (unpaired) electrons. The van der Waals surface area contributed by atoms with Gasteiger partial charge in [-0.1, -0.05) is 72.3 Å². The van der Waals surface area contributed by atoms with Crippen molar-refractivity contribution in [3.63, 3.8) is 0 Å². The maximum Gasteiger partial charge on any atom is 0.336 e. The molecule has 0 atom stereocenters. The van der Waals surface area contributed by atoms with Gasteiger partial charge in [0.15, 0.2) is 0 Å². The lowest BCUT2D eigenvalue weighted by atomic mass is 10.1. The van der Waals surface area contributed by atoms with Crippen molar-refractivity contribution in [2.24, 2.45) is 5.10 Å². The number of nitrogens with zero attached hydrogens (tertiary/aromatic N) is 1. The largest absolute Gasteiger partial charge is 0.423 e. The van der Waals surface area contributed by atoms with E-state index in [1.54, 1.807) is 48.5 Å². The second kappa shape index (κ2) is 13.5. The molecule has 8 heteroatoms. The highest BCUT2D eigenvalue weighted by Gasteiger charge is 2.09. The summed E-state index contributed by atoms with van der Waals surface area (Å²) in [5.74, 6) is -0.956. The first kappa shape index (κ1) is 27.0. The van der Waals surface area contributed by atoms with E-state index in [0.717, 1.165) is 11.1 Å². The van der Waals surface area contributed by atoms with Gasteiger partial charge in [0.1, 0.15) is 5.75 Å². The van der Waals surface area contributed by atoms with E-state index >= 15 is 0 Å². The Kier molecular flexibility index (Phi) is 9.37. The maximum absolute atomic E-state index is 12.5. The highest BCUT2D eigenvalue weighted by atomic mass is 35.5. The molecule has 2 N–H and O–H groups in total. The summed E-state index contributed by atoms with van der Waals surface area (Å²) in [6.45, 7) is 0. The predicted molar refractivity (Wildman–Crippen MR) is 153 cm³/mol. The van der Waals surface area contributed by atoms with E-state index in [1.165, 1.54) is 12.3 Å². The monoisotopic (exact) mass is 537 g/mol. The van der Waals surface area contributed by atoms with Crippen LogP contribution in [0.1, 0.15) is 27.0 Å². The number of nitrogens with one attached hydrogen (secondary N) is 2. The number of halogens is 1. The number of carbonyl (C=O) groups excluding carboxylic acids is 3. The molecule has 4 aromatic rings. The molecule has 0 unspecified atom stereocenters. The summed E-state index contributed by atoms with van der Waals surface area (Å²) >= 11 is 6.09. The Balaban J connectivity index is 1.33. The molecule has 0 aliphatic heterocycles. The van der Waals surface area contributed by atoms with Crippen molar-refractivity contribution in [2.45, 2.75) is 6.42 Å². The van der Waals surface area contributed by atoms with Gasteiger partial charge in [0, 0.05) is 27.9 Å². The van der Waals surface area contributed by atoms with E-state index in [9.17, 15) is 14.4 Å². The number of benzene rings is 4. The van der Waals surface area contributed by atoms with Crippen molar-refractivity contribution < 1.29 is 19.1 Å². The topological polar surface area (TPSA) is 96.9 Å². The van der Waals surface area contributed by atoms with Crippen molar-refractivity contribution >= 4 is 47.4 Å². The fraction of sp³-hybridized carbons (Fsp3) is 0.0323. The molecular weight excluding hydrogens is 514 g/mol. The average Bonchev–Trinajstić information content (AvgIpc) is 2.94. The van der Waals surface area contributed by atoms with Crippen LogP contribution in [0, 0.1) is 0 Å². The number of amides is 2. The zero-order valence-electron chi connectivity index (χ0n) is 20.7. The molecule has 7 nitrogen and oxygen atoms in total. The van der Waals surface area contributed by atoms with Crippen molar-refractivity contribution in [3.8, 4) is 5.75 Å². The van der Waals surface area contributed by atoms with Crippen LogP contribution < -0.4 is 15.5 Å². The number of hydrogen-bond acceptors (Lipinski definition) is 5. The molecule has 39 heavy (non-hydrogen) atoms. The van der Waals surface area contributed by atoms with Gasteiger partial charge in [0.25, 0.3) is 5.91 Å². The zero-order valence-corrected chi connectivity index (χ0v) is 21.5. The third-order valence-electron chi connectivity index (χ3n) is 5.40. The van der Waals surface area contributed by atoms with Crippen LogP contribution in [0.5, 0.6) is 5.75 Å². The van der Waals surface area contributed by atoms with Crippen molar-refractivity contribution in [1.82, 2.24) is 5.43 Å². The second-order valence-electron chi connectivity index (χ2n) is 8.33. The average molecular weight is 538 g/mol. The molecular formula is C31H24ClN3O4. The van der Waals surface area contributed by atoms with E-state index in [-0.39, 0.29) is 18.1 Å². The molecule has 4 rings (SSSR count). The minimum atomic E-state index is -0.573. The van der Waals surface area contributed by atoms with Gasteiger partial charge in [-0.05, 0) is 59.7 Å². The molecule has 0 spiro atoms. The second-order valence-corrected chi connectivity index (χ2v) is 8.77. The minimum Gasteiger partial charge on any atom is -0.423 e. The van der Waals surface area contributed by atoms with Gasteiger partial charge in [0.2, 0.25) is 5.91 Å². The molecule has 0 bridgehead atoms. The Morgan fingerprint density at radius 1 is 0.846 bits per heavy atom. The van der Waals surface area contributed by atoms with E-state index in [2.05, 4.69) is 15.8 Å². The van der Waals surface area contributed by atoms with Crippen LogP contribution in [0.4, 0.5) is 5.69 Å². The number of anilines is 1. The quantitative estimate of drug-likeness (QED) is 0.0912. The van der Waals surface area contributed by atoms with Crippen LogP contribution in [0.25, 0.3) is 6.08 Å². The van der Waals surface area contributed by atoms with Gasteiger partial charge in [-0.15, -0.1) is 0 Å². The highest BCUT2D eigenvalue weighted by molar-refractivity contribution is 6.31. The van der Waals surface area contributed by atoms with Crippen LogP contribution in [-0.2, 0) is 16.0 Å². The lowest BCUT2D eigenvalue weighted by Gasteiger charge is -2.07. The summed E-state index contributed by atoms with van der Waals surface area (Å²) in [4.78, 5) is 37.1. The van der Waals surface area contributed by atoms with Gasteiger partial charge >= 0.3 is 5.97 Å². The Morgan fingerprint density at radius 3 is 2.26 bits per heavy atom. The number of rotatable bonds is 9. The fourth-order valence-electron chi connectivity index (χ4n) is 3.50. The number of esters is 1. The zero-order chi connectivity index (χ0) is 27.5. The van der Waals surface area contributed by atoms with E-state index < -0.39 is 11.9 Å². The Morgan fingerprint density at radius 2 is 1.54 bits per heavy atom. The number of hydrazone groups is 1. The standard InChI is InChI=1S/C31H24ClN3O4/c32-26-14-17-28(39-30(37)18-11-22-7-3-1-4-8-22)25(20-26)21-33-35-31(38)24-12-15-27(16-13-24)34-29(36)19-23-9-5-2-6-10-23/h1-18,20-21H,19H2,(H,34,36)(H,35,38)/b18-11+,33-21+. The highest BCUT2D eigenvalue weighted by Crippen LogP contribution is 2.22. The molecule has 0 aromatic heterocycles. The van der Waals surface area contributed by atoms with Crippen LogP contribution in [-0.4, -0.2) is 24.0 Å². The third-order valence-corrected chi connectivity index (χ3v) is 5.64. The van der Waals surface area contributed by atoms with E-state index in [4.69, 9.17) is 16.3 Å². The lowest BCUT2D eigenvalue weighted by Crippen LogP contribution is -2.18. The van der Waals surface area contributed by atoms with E-state index in [1.807, 2.05) is 60.7 Å². The first-order valence-corrected chi connectivity index (χ1v) is 12.4. The Hall–Kier alpha value is -5.01. The smallest absolute Gasteiger partial charge is 0.336 e. The normalized spacial score (nSPS) is 10.9. The summed E-state index contributed by atoms with van der Waals surface area (Å²) in [6, 6.07) is 29.9. The molecule has 0 saturated heterocycles. The lowest BCUT2D eigenvalue weighted by molar-refractivity contribution is -0.128. The van der Waals surface area contributed by atoms with Crippen molar-refractivity contribution in [1.29, 1.82) is 0 Å². The molecule has 0 saturated carbocycles. The van der Waals surface area contributed by atoms with Crippen molar-refractivity contribution in [3.05, 3.63) is 136 Å². The van der Waals surface area contributed by atoms with Crippen LogP contribution >= 0.6 is 11.6 Å². The van der Waals surface area contributed by atoms with Gasteiger partial charge in [-0.3, -0.25) is 9.59 Å². The maximum atomic E-state index is 12.5. The number of hydrogen-bond donors (Lipinski definition) is 2.